The maximum absolute atomic E-state index is 11.6. The fraction of sp³-hybridized carbons (Fsp3) is 0.0714. The number of ether oxygens (including phenoxy) is 6. The van der Waals surface area contributed by atoms with Gasteiger partial charge in [-0.3, -0.25) is 0 Å². The first kappa shape index (κ1) is 37.0. The Morgan fingerprint density at radius 3 is 0.895 bits per heavy atom. The van der Waals surface area contributed by atoms with Gasteiger partial charge in [0.15, 0.2) is 34.6 Å². The second kappa shape index (κ2) is 16.8. The molecule has 0 saturated carbocycles. The van der Waals surface area contributed by atoms with Crippen LogP contribution in [0.25, 0.3) is 0 Å². The molecule has 1 aromatic heterocycles. The molecular formula is C42H27N3O12. The SMILES string of the molecule is O=C=C1C=C(Oc2ccc(O)cc2)C(Oc2nc(OC3=CCC(=C=O)C=C3Oc3ccc(O)cc3)nc(OC3=CCC(=C=O)C=C3Oc3ccc(O)cc3)n2)=CC1. The maximum atomic E-state index is 11.6. The second-order valence-corrected chi connectivity index (χ2v) is 12.0. The lowest BCUT2D eigenvalue weighted by molar-refractivity contribution is 0.284. The summed E-state index contributed by atoms with van der Waals surface area (Å²) in [4.78, 5) is 47.8. The van der Waals surface area contributed by atoms with E-state index in [1.54, 1.807) is 18.2 Å². The van der Waals surface area contributed by atoms with Crippen LogP contribution in [0.1, 0.15) is 19.3 Å². The van der Waals surface area contributed by atoms with E-state index in [2.05, 4.69) is 15.0 Å². The Hall–Kier alpha value is -8.34. The summed E-state index contributed by atoms with van der Waals surface area (Å²) in [7, 11) is 0. The highest BCUT2D eigenvalue weighted by Crippen LogP contribution is 2.33. The van der Waals surface area contributed by atoms with E-state index in [4.69, 9.17) is 28.4 Å². The number of nitrogens with zero attached hydrogens (tertiary/aromatic N) is 3. The fourth-order valence-electron chi connectivity index (χ4n) is 5.18. The minimum absolute atomic E-state index is 0.0154. The smallest absolute Gasteiger partial charge is 0.331 e. The third-order valence-corrected chi connectivity index (χ3v) is 7.93. The molecular weight excluding hydrogens is 738 g/mol. The minimum Gasteiger partial charge on any atom is -0.508 e. The predicted octanol–water partition coefficient (Wildman–Crippen LogP) is 6.15. The molecule has 0 saturated heterocycles. The Morgan fingerprint density at radius 2 is 0.649 bits per heavy atom. The van der Waals surface area contributed by atoms with Gasteiger partial charge in [0.1, 0.15) is 52.3 Å². The third kappa shape index (κ3) is 9.43. The Bertz CT molecular complexity index is 2270. The second-order valence-electron chi connectivity index (χ2n) is 12.0. The summed E-state index contributed by atoms with van der Waals surface area (Å²) in [6.45, 7) is 0. The average molecular weight is 766 g/mol. The van der Waals surface area contributed by atoms with Crippen molar-refractivity contribution in [2.75, 3.05) is 0 Å². The van der Waals surface area contributed by atoms with Gasteiger partial charge < -0.3 is 43.7 Å². The standard InChI is InChI=1S/C42H27N3O12/c46-22-25-1-16-34(37(19-25)52-31-10-4-28(49)5-11-31)55-40-43-41(56-35-17-2-26(23-47)20-38(35)53-32-12-6-29(50)7-13-32)45-42(44-40)57-36-18-3-27(24-48)21-39(36)54-33-14-8-30(51)9-15-33/h4-21,49-51H,1-3H2. The number of allylic oxidation sites excluding steroid dienone is 9. The van der Waals surface area contributed by atoms with E-state index >= 15 is 0 Å². The molecule has 3 aromatic carbocycles. The molecule has 0 fully saturated rings. The molecule has 0 bridgehead atoms. The number of carbonyl (C=O) groups excluding carboxylic acids is 3. The van der Waals surface area contributed by atoms with E-state index < -0.39 is 0 Å². The summed E-state index contributed by atoms with van der Waals surface area (Å²) >= 11 is 0. The summed E-state index contributed by atoms with van der Waals surface area (Å²) in [6.07, 6.45) is 9.31. The zero-order chi connectivity index (χ0) is 39.7. The molecule has 4 aromatic rings. The first-order chi connectivity index (χ1) is 27.7. The van der Waals surface area contributed by atoms with Crippen LogP contribution in [-0.4, -0.2) is 48.1 Å². The van der Waals surface area contributed by atoms with Gasteiger partial charge >= 0.3 is 18.0 Å². The Labute approximate surface area is 322 Å². The van der Waals surface area contributed by atoms with Gasteiger partial charge in [0, 0.05) is 36.0 Å². The summed E-state index contributed by atoms with van der Waals surface area (Å²) in [6, 6.07) is 16.5. The van der Waals surface area contributed by atoms with Crippen LogP contribution in [0.5, 0.6) is 52.5 Å². The molecule has 0 spiro atoms. The van der Waals surface area contributed by atoms with E-state index in [0.717, 1.165) is 0 Å². The molecule has 15 nitrogen and oxygen atoms in total. The Morgan fingerprint density at radius 1 is 0.386 bits per heavy atom. The van der Waals surface area contributed by atoms with Crippen LogP contribution in [0.15, 0.2) is 161 Å². The lowest BCUT2D eigenvalue weighted by Crippen LogP contribution is -2.15. The van der Waals surface area contributed by atoms with Crippen LogP contribution in [0, 0.1) is 0 Å². The number of rotatable bonds is 12. The topological polar surface area (TPSA) is 206 Å². The van der Waals surface area contributed by atoms with E-state index in [-0.39, 0.29) is 106 Å². The van der Waals surface area contributed by atoms with Crippen molar-refractivity contribution in [2.45, 2.75) is 19.3 Å². The first-order valence-electron chi connectivity index (χ1n) is 16.9. The molecule has 0 amide bonds. The van der Waals surface area contributed by atoms with Gasteiger partial charge in [-0.25, -0.2) is 14.4 Å². The average Bonchev–Trinajstić information content (AvgIpc) is 3.22. The molecule has 0 aliphatic heterocycles. The van der Waals surface area contributed by atoms with E-state index in [9.17, 15) is 29.7 Å². The van der Waals surface area contributed by atoms with Crippen molar-refractivity contribution >= 4 is 17.8 Å². The van der Waals surface area contributed by atoms with Crippen LogP contribution in [0.2, 0.25) is 0 Å². The van der Waals surface area contributed by atoms with Crippen LogP contribution in [0.4, 0.5) is 0 Å². The molecule has 3 aliphatic carbocycles. The predicted molar refractivity (Wildman–Crippen MR) is 198 cm³/mol. The van der Waals surface area contributed by atoms with Gasteiger partial charge in [0.05, 0.1) is 0 Å². The minimum atomic E-state index is -0.357. The fourth-order valence-corrected chi connectivity index (χ4v) is 5.18. The third-order valence-electron chi connectivity index (χ3n) is 7.93. The van der Waals surface area contributed by atoms with Crippen molar-refractivity contribution in [1.82, 2.24) is 15.0 Å². The van der Waals surface area contributed by atoms with Gasteiger partial charge in [-0.1, -0.05) is 0 Å². The van der Waals surface area contributed by atoms with Crippen molar-refractivity contribution in [3.8, 4) is 52.5 Å². The molecule has 3 N–H and O–H groups in total. The monoisotopic (exact) mass is 765 g/mol. The van der Waals surface area contributed by atoms with Gasteiger partial charge in [-0.15, -0.1) is 15.0 Å². The first-order valence-corrected chi connectivity index (χ1v) is 16.9. The molecule has 282 valence electrons. The van der Waals surface area contributed by atoms with Gasteiger partial charge in [0.25, 0.3) is 0 Å². The normalized spacial score (nSPS) is 14.8. The molecule has 1 heterocycles. The number of aromatic hydroxyl groups is 3. The number of benzene rings is 3. The van der Waals surface area contributed by atoms with E-state index in [1.807, 2.05) is 17.8 Å². The summed E-state index contributed by atoms with van der Waals surface area (Å²) in [5, 5.41) is 29.2. The van der Waals surface area contributed by atoms with Crippen LogP contribution in [-0.2, 0) is 14.4 Å². The Balaban J connectivity index is 1.23. The van der Waals surface area contributed by atoms with Crippen LogP contribution < -0.4 is 28.4 Å². The number of hydrogen-bond acceptors (Lipinski definition) is 15. The van der Waals surface area contributed by atoms with Gasteiger partial charge in [-0.2, -0.15) is 0 Å². The van der Waals surface area contributed by atoms with Crippen molar-refractivity contribution in [3.63, 3.8) is 0 Å². The van der Waals surface area contributed by atoms with Crippen LogP contribution in [0.3, 0.4) is 0 Å². The lowest BCUT2D eigenvalue weighted by atomic mass is 10.1. The highest BCUT2D eigenvalue weighted by Gasteiger charge is 2.25. The summed E-state index contributed by atoms with van der Waals surface area (Å²) in [5.41, 5.74) is 0.796. The van der Waals surface area contributed by atoms with Gasteiger partial charge in [0.2, 0.25) is 0 Å². The highest BCUT2D eigenvalue weighted by atomic mass is 16.6. The summed E-state index contributed by atoms with van der Waals surface area (Å²) in [5.74, 6) is 7.06. The van der Waals surface area contributed by atoms with Crippen molar-refractivity contribution < 1.29 is 58.1 Å². The lowest BCUT2D eigenvalue weighted by Gasteiger charge is -2.20. The van der Waals surface area contributed by atoms with E-state index in [0.29, 0.717) is 17.2 Å². The highest BCUT2D eigenvalue weighted by molar-refractivity contribution is 5.62. The largest absolute Gasteiger partial charge is 0.508 e. The van der Waals surface area contributed by atoms with Crippen molar-refractivity contribution in [1.29, 1.82) is 0 Å². The maximum Gasteiger partial charge on any atom is 0.331 e. The molecule has 0 unspecified atom stereocenters. The molecule has 15 heteroatoms. The quantitative estimate of drug-likeness (QED) is 0.138. The van der Waals surface area contributed by atoms with Gasteiger partial charge in [-0.05, 0) is 109 Å². The number of aromatic nitrogens is 3. The number of phenolic OH excluding ortho intramolecular Hbond substituents is 3. The Kier molecular flexibility index (Phi) is 10.9. The summed E-state index contributed by atoms with van der Waals surface area (Å²) < 4.78 is 36.3. The number of phenols is 3. The number of hydrogen-bond donors (Lipinski definition) is 3. The van der Waals surface area contributed by atoms with Crippen LogP contribution >= 0.6 is 0 Å². The molecule has 0 atom stereocenters. The molecule has 0 radical (unpaired) electrons. The molecule has 7 rings (SSSR count). The zero-order valence-electron chi connectivity index (χ0n) is 29.4. The van der Waals surface area contributed by atoms with Crippen molar-refractivity contribution in [2.24, 2.45) is 0 Å². The molecule has 57 heavy (non-hydrogen) atoms. The van der Waals surface area contributed by atoms with Crippen molar-refractivity contribution in [3.05, 3.63) is 161 Å². The van der Waals surface area contributed by atoms with E-state index in [1.165, 1.54) is 91.0 Å². The zero-order valence-corrected chi connectivity index (χ0v) is 29.4. The molecule has 3 aliphatic rings.